The fourth-order valence-electron chi connectivity index (χ4n) is 2.37. The highest BCUT2D eigenvalue weighted by Crippen LogP contribution is 2.14. The largest absolute Gasteiger partial charge is 0.321 e. The van der Waals surface area contributed by atoms with Crippen molar-refractivity contribution in [2.45, 2.75) is 18.9 Å². The molecular weight excluding hydrogens is 306 g/mol. The number of nitrogens with two attached hydrogens (primary N) is 1. The molecule has 0 aromatic heterocycles. The molecule has 0 saturated heterocycles. The minimum atomic E-state index is -0.626. The van der Waals surface area contributed by atoms with Crippen molar-refractivity contribution in [1.29, 1.82) is 0 Å². The maximum absolute atomic E-state index is 12.4. The number of carbonyl (C=O) groups is 2. The van der Waals surface area contributed by atoms with E-state index in [-0.39, 0.29) is 18.0 Å². The summed E-state index contributed by atoms with van der Waals surface area (Å²) in [5.74, 6) is -0.896. The van der Waals surface area contributed by atoms with Crippen molar-refractivity contribution >= 4 is 29.2 Å². The highest BCUT2D eigenvalue weighted by atomic mass is 32.1. The molecule has 2 atom stereocenters. The minimum Gasteiger partial charge on any atom is -0.321 e. The number of ketones is 2. The van der Waals surface area contributed by atoms with E-state index in [1.165, 1.54) is 5.37 Å². The first-order valence-electron chi connectivity index (χ1n) is 7.48. The van der Waals surface area contributed by atoms with E-state index in [0.29, 0.717) is 12.0 Å². The number of hydrogen-bond acceptors (Lipinski definition) is 4. The predicted molar refractivity (Wildman–Crippen MR) is 95.7 cm³/mol. The maximum atomic E-state index is 12.4. The fourth-order valence-corrected chi connectivity index (χ4v) is 2.59. The lowest BCUT2D eigenvalue weighted by atomic mass is 9.91. The van der Waals surface area contributed by atoms with Gasteiger partial charge >= 0.3 is 0 Å². The molecular formula is C19H19NO2S. The molecule has 2 rings (SSSR count). The molecule has 0 amide bonds. The van der Waals surface area contributed by atoms with Gasteiger partial charge in [-0.25, -0.2) is 0 Å². The van der Waals surface area contributed by atoms with Crippen LogP contribution in [0, 0.1) is 5.92 Å². The molecule has 23 heavy (non-hydrogen) atoms. The lowest BCUT2D eigenvalue weighted by molar-refractivity contribution is -0.120. The van der Waals surface area contributed by atoms with Crippen molar-refractivity contribution in [2.75, 3.05) is 0 Å². The lowest BCUT2D eigenvalue weighted by Crippen LogP contribution is -2.35. The minimum absolute atomic E-state index is 0.0469. The van der Waals surface area contributed by atoms with E-state index < -0.39 is 12.0 Å². The molecule has 0 aliphatic heterocycles. The summed E-state index contributed by atoms with van der Waals surface area (Å²) in [6.07, 6.45) is 0.509. The Morgan fingerprint density at radius 3 is 2.13 bits per heavy atom. The second kappa shape index (κ2) is 8.46. The van der Waals surface area contributed by atoms with Gasteiger partial charge in [-0.15, -0.1) is 0 Å². The molecule has 0 aliphatic carbocycles. The first kappa shape index (κ1) is 17.2. The predicted octanol–water partition coefficient (Wildman–Crippen LogP) is 3.01. The van der Waals surface area contributed by atoms with E-state index in [1.54, 1.807) is 24.3 Å². The molecule has 0 radical (unpaired) electrons. The van der Waals surface area contributed by atoms with Gasteiger partial charge < -0.3 is 5.73 Å². The molecule has 1 unspecified atom stereocenters. The van der Waals surface area contributed by atoms with Gasteiger partial charge in [-0.2, -0.15) is 0 Å². The molecule has 0 spiro atoms. The Morgan fingerprint density at radius 1 is 1.00 bits per heavy atom. The van der Waals surface area contributed by atoms with Crippen LogP contribution < -0.4 is 5.73 Å². The second-order valence-electron chi connectivity index (χ2n) is 5.44. The Labute approximate surface area is 141 Å². The molecule has 0 bridgehead atoms. The van der Waals surface area contributed by atoms with Crippen LogP contribution in [0.1, 0.15) is 22.3 Å². The van der Waals surface area contributed by atoms with Crippen molar-refractivity contribution in [1.82, 2.24) is 0 Å². The fraction of sp³-hybridized carbons (Fsp3) is 0.211. The summed E-state index contributed by atoms with van der Waals surface area (Å²) in [5, 5.41) is 1.36. The third-order valence-corrected chi connectivity index (χ3v) is 4.02. The van der Waals surface area contributed by atoms with Crippen LogP contribution in [0.2, 0.25) is 0 Å². The number of Topliss-reactive ketones (excluding diaryl/α,β-unsaturated/α-hetero) is 2. The van der Waals surface area contributed by atoms with Gasteiger partial charge in [0.15, 0.2) is 11.6 Å². The molecule has 4 heteroatoms. The Morgan fingerprint density at radius 2 is 1.57 bits per heavy atom. The number of hydrogen-bond donors (Lipinski definition) is 1. The topological polar surface area (TPSA) is 60.2 Å². The van der Waals surface area contributed by atoms with Gasteiger partial charge in [0.2, 0.25) is 0 Å². The first-order valence-corrected chi connectivity index (χ1v) is 7.95. The zero-order valence-corrected chi connectivity index (χ0v) is 13.5. The van der Waals surface area contributed by atoms with E-state index in [0.717, 1.165) is 5.56 Å². The van der Waals surface area contributed by atoms with Gasteiger partial charge in [0, 0.05) is 12.0 Å². The molecule has 3 nitrogen and oxygen atoms in total. The quantitative estimate of drug-likeness (QED) is 0.599. The molecule has 2 N–H and O–H groups in total. The molecule has 2 aromatic carbocycles. The van der Waals surface area contributed by atoms with Gasteiger partial charge in [0.25, 0.3) is 0 Å². The van der Waals surface area contributed by atoms with E-state index >= 15 is 0 Å². The number of carbonyl (C=O) groups excluding carboxylic acids is 2. The van der Waals surface area contributed by atoms with Crippen LogP contribution >= 0.6 is 12.2 Å². The van der Waals surface area contributed by atoms with Gasteiger partial charge in [0.1, 0.15) is 0 Å². The van der Waals surface area contributed by atoms with Crippen molar-refractivity contribution < 1.29 is 9.59 Å². The van der Waals surface area contributed by atoms with Gasteiger partial charge in [-0.1, -0.05) is 72.9 Å². The molecule has 0 heterocycles. The summed E-state index contributed by atoms with van der Waals surface area (Å²) in [6, 6.07) is 17.8. The summed E-state index contributed by atoms with van der Waals surface area (Å²) in [6.45, 7) is 0. The average Bonchev–Trinajstić information content (AvgIpc) is 2.60. The summed E-state index contributed by atoms with van der Waals surface area (Å²) in [4.78, 5) is 24.7. The van der Waals surface area contributed by atoms with Crippen LogP contribution in [0.5, 0.6) is 0 Å². The average molecular weight is 325 g/mol. The normalized spacial score (nSPS) is 13.1. The number of benzene rings is 2. The van der Waals surface area contributed by atoms with Crippen molar-refractivity contribution in [2.24, 2.45) is 11.7 Å². The van der Waals surface area contributed by atoms with E-state index in [4.69, 9.17) is 18.0 Å². The maximum Gasteiger partial charge on any atom is 0.170 e. The van der Waals surface area contributed by atoms with Crippen LogP contribution in [0.3, 0.4) is 0 Å². The molecule has 0 fully saturated rings. The third-order valence-electron chi connectivity index (χ3n) is 3.69. The number of rotatable bonds is 8. The zero-order chi connectivity index (χ0) is 16.7. The van der Waals surface area contributed by atoms with Crippen LogP contribution in [-0.4, -0.2) is 23.0 Å². The van der Waals surface area contributed by atoms with Crippen molar-refractivity contribution in [3.05, 3.63) is 71.8 Å². The van der Waals surface area contributed by atoms with Crippen LogP contribution in [0.15, 0.2) is 60.7 Å². The number of thiocarbonyl (C=S) groups is 1. The van der Waals surface area contributed by atoms with Gasteiger partial charge in [-0.05, 0) is 17.4 Å². The van der Waals surface area contributed by atoms with E-state index in [9.17, 15) is 9.59 Å². The summed E-state index contributed by atoms with van der Waals surface area (Å²) in [5.41, 5.74) is 7.54. The summed E-state index contributed by atoms with van der Waals surface area (Å²) < 4.78 is 0. The SMILES string of the molecule is N[C@@H](Cc1ccccc1)C(=O)CC(C=S)C(=O)c1ccccc1. The van der Waals surface area contributed by atoms with Crippen molar-refractivity contribution in [3.63, 3.8) is 0 Å². The summed E-state index contributed by atoms with van der Waals surface area (Å²) >= 11 is 4.95. The van der Waals surface area contributed by atoms with Crippen LogP contribution in [0.4, 0.5) is 0 Å². The Hall–Kier alpha value is -2.17. The second-order valence-corrected chi connectivity index (χ2v) is 5.71. The van der Waals surface area contributed by atoms with E-state index in [1.807, 2.05) is 36.4 Å². The third kappa shape index (κ3) is 4.91. The van der Waals surface area contributed by atoms with E-state index in [2.05, 4.69) is 0 Å². The van der Waals surface area contributed by atoms with Crippen LogP contribution in [-0.2, 0) is 11.2 Å². The van der Waals surface area contributed by atoms with Crippen LogP contribution in [0.25, 0.3) is 0 Å². The highest BCUT2D eigenvalue weighted by Gasteiger charge is 2.24. The Balaban J connectivity index is 1.99. The molecule has 2 aromatic rings. The lowest BCUT2D eigenvalue weighted by Gasteiger charge is -2.14. The van der Waals surface area contributed by atoms with Gasteiger partial charge in [-0.3, -0.25) is 9.59 Å². The monoisotopic (exact) mass is 325 g/mol. The molecule has 0 aliphatic rings. The highest BCUT2D eigenvalue weighted by molar-refractivity contribution is 7.79. The first-order chi connectivity index (χ1) is 11.1. The molecule has 118 valence electrons. The standard InChI is InChI=1S/C19H19NO2S/c20-17(11-14-7-3-1-4-8-14)18(21)12-16(13-23)19(22)15-9-5-2-6-10-15/h1-10,13,16-17H,11-12,20H2/t16?,17-/m0/s1. The molecule has 0 saturated carbocycles. The van der Waals surface area contributed by atoms with Gasteiger partial charge in [0.05, 0.1) is 12.0 Å². The smallest absolute Gasteiger partial charge is 0.170 e. The Bertz CT molecular complexity index is 670. The van der Waals surface area contributed by atoms with Crippen molar-refractivity contribution in [3.8, 4) is 0 Å². The summed E-state index contributed by atoms with van der Waals surface area (Å²) in [7, 11) is 0. The zero-order valence-electron chi connectivity index (χ0n) is 12.7. The Kier molecular flexibility index (Phi) is 6.32.